The van der Waals surface area contributed by atoms with Crippen molar-refractivity contribution in [3.05, 3.63) is 33.8 Å². The molecule has 2 rings (SSSR count). The summed E-state index contributed by atoms with van der Waals surface area (Å²) in [5.74, 6) is -0.193. The molecule has 0 unspecified atom stereocenters. The minimum absolute atomic E-state index is 0.0125. The lowest BCUT2D eigenvalue weighted by atomic mass is 10.0. The zero-order chi connectivity index (χ0) is 16.4. The first-order chi connectivity index (χ1) is 10.3. The van der Waals surface area contributed by atoms with Crippen LogP contribution in [0.2, 0.25) is 10.0 Å². The number of benzene rings is 1. The van der Waals surface area contributed by atoms with Crippen molar-refractivity contribution >= 4 is 40.3 Å². The Morgan fingerprint density at radius 1 is 1.41 bits per heavy atom. The average Bonchev–Trinajstić information content (AvgIpc) is 2.74. The fourth-order valence-electron chi connectivity index (χ4n) is 1.96. The number of halogens is 4. The van der Waals surface area contributed by atoms with Crippen LogP contribution in [0.5, 0.6) is 5.88 Å². The molecule has 0 fully saturated rings. The van der Waals surface area contributed by atoms with Gasteiger partial charge in [0.1, 0.15) is 10.7 Å². The summed E-state index contributed by atoms with van der Waals surface area (Å²) in [5.41, 5.74) is 1.66. The predicted octanol–water partition coefficient (Wildman–Crippen LogP) is 5.12. The van der Waals surface area contributed by atoms with Gasteiger partial charge in [-0.1, -0.05) is 48.4 Å². The van der Waals surface area contributed by atoms with E-state index in [4.69, 9.17) is 35.4 Å². The molecule has 1 heterocycles. The van der Waals surface area contributed by atoms with Gasteiger partial charge in [-0.05, 0) is 18.6 Å². The van der Waals surface area contributed by atoms with Gasteiger partial charge in [0, 0.05) is 28.1 Å². The van der Waals surface area contributed by atoms with Gasteiger partial charge in [0.25, 0.3) is 0 Å². The zero-order valence-electron chi connectivity index (χ0n) is 11.7. The minimum Gasteiger partial charge on any atom is -0.416 e. The van der Waals surface area contributed by atoms with E-state index in [-0.39, 0.29) is 10.9 Å². The zero-order valence-corrected chi connectivity index (χ0v) is 14.1. The number of aryl methyl sites for hydroxylation is 1. The van der Waals surface area contributed by atoms with Gasteiger partial charge in [-0.15, -0.1) is 0 Å². The molecule has 1 aromatic carbocycles. The fraction of sp³-hybridized carbons (Fsp3) is 0.286. The SMILES string of the molecule is CCC(=S)c1cc(-c2nn(C)c(OC(F)F)c2Cl)ccc1Cl. The maximum absolute atomic E-state index is 12.4. The molecule has 22 heavy (non-hydrogen) atoms. The highest BCUT2D eigenvalue weighted by Gasteiger charge is 2.21. The molecule has 3 nitrogen and oxygen atoms in total. The summed E-state index contributed by atoms with van der Waals surface area (Å²) in [7, 11) is 1.47. The quantitative estimate of drug-likeness (QED) is 0.543. The largest absolute Gasteiger partial charge is 0.416 e. The number of hydrogen-bond acceptors (Lipinski definition) is 3. The summed E-state index contributed by atoms with van der Waals surface area (Å²) in [4.78, 5) is 0.697. The second-order valence-electron chi connectivity index (χ2n) is 4.44. The topological polar surface area (TPSA) is 27.1 Å². The van der Waals surface area contributed by atoms with Crippen LogP contribution in [-0.2, 0) is 7.05 Å². The van der Waals surface area contributed by atoms with Crippen LogP contribution >= 0.6 is 35.4 Å². The molecule has 0 bridgehead atoms. The molecule has 0 saturated carbocycles. The van der Waals surface area contributed by atoms with E-state index in [1.807, 2.05) is 6.92 Å². The highest BCUT2D eigenvalue weighted by molar-refractivity contribution is 7.80. The molecule has 0 spiro atoms. The molecular weight excluding hydrogens is 353 g/mol. The first-order valence-electron chi connectivity index (χ1n) is 6.35. The van der Waals surface area contributed by atoms with Gasteiger partial charge in [-0.25, -0.2) is 4.68 Å². The number of alkyl halides is 2. The molecule has 0 aliphatic rings. The summed E-state index contributed by atoms with van der Waals surface area (Å²) in [6.07, 6.45) is 0.661. The maximum atomic E-state index is 12.4. The predicted molar refractivity (Wildman–Crippen MR) is 87.3 cm³/mol. The molecule has 0 amide bonds. The smallest absolute Gasteiger partial charge is 0.388 e. The van der Waals surface area contributed by atoms with Crippen LogP contribution < -0.4 is 4.74 Å². The molecule has 0 aliphatic carbocycles. The third-order valence-electron chi connectivity index (χ3n) is 3.00. The molecule has 1 aromatic heterocycles. The Hall–Kier alpha value is -1.24. The normalized spacial score (nSPS) is 11.0. The summed E-state index contributed by atoms with van der Waals surface area (Å²) in [5, 5.41) is 4.66. The van der Waals surface area contributed by atoms with Gasteiger partial charge in [0.15, 0.2) is 0 Å². The average molecular weight is 365 g/mol. The second kappa shape index (κ2) is 6.89. The van der Waals surface area contributed by atoms with Gasteiger partial charge in [-0.2, -0.15) is 13.9 Å². The Bertz CT molecular complexity index is 719. The van der Waals surface area contributed by atoms with Crippen LogP contribution in [0.3, 0.4) is 0 Å². The Kier molecular flexibility index (Phi) is 5.36. The third-order valence-corrected chi connectivity index (χ3v) is 4.18. The van der Waals surface area contributed by atoms with E-state index in [9.17, 15) is 8.78 Å². The van der Waals surface area contributed by atoms with Crippen molar-refractivity contribution in [1.29, 1.82) is 0 Å². The van der Waals surface area contributed by atoms with E-state index in [2.05, 4.69) is 9.84 Å². The Morgan fingerprint density at radius 2 is 2.09 bits per heavy atom. The van der Waals surface area contributed by atoms with E-state index in [0.29, 0.717) is 33.1 Å². The third kappa shape index (κ3) is 3.39. The molecule has 2 aromatic rings. The standard InChI is InChI=1S/C14H12Cl2F2N2OS/c1-3-10(22)8-6-7(4-5-9(8)15)12-11(16)13(20(2)19-12)21-14(17)18/h4-6,14H,3H2,1-2H3. The fourth-order valence-corrected chi connectivity index (χ4v) is 2.73. The van der Waals surface area contributed by atoms with Crippen LogP contribution in [-0.4, -0.2) is 21.3 Å². The first kappa shape index (κ1) is 17.1. The second-order valence-corrected chi connectivity index (χ2v) is 5.72. The van der Waals surface area contributed by atoms with Crippen molar-refractivity contribution in [3.8, 4) is 17.1 Å². The lowest BCUT2D eigenvalue weighted by Crippen LogP contribution is -2.06. The van der Waals surface area contributed by atoms with Crippen LogP contribution in [0, 0.1) is 0 Å². The van der Waals surface area contributed by atoms with Gasteiger partial charge >= 0.3 is 6.61 Å². The summed E-state index contributed by atoms with van der Waals surface area (Å²) in [6.45, 7) is -1.05. The monoisotopic (exact) mass is 364 g/mol. The molecule has 8 heteroatoms. The molecule has 0 radical (unpaired) electrons. The van der Waals surface area contributed by atoms with Crippen molar-refractivity contribution < 1.29 is 13.5 Å². The Morgan fingerprint density at radius 3 is 2.68 bits per heavy atom. The summed E-state index contributed by atoms with van der Waals surface area (Å²) < 4.78 is 30.4. The summed E-state index contributed by atoms with van der Waals surface area (Å²) >= 11 is 17.5. The molecule has 0 saturated heterocycles. The Balaban J connectivity index is 2.51. The van der Waals surface area contributed by atoms with E-state index >= 15 is 0 Å². The van der Waals surface area contributed by atoms with Crippen molar-refractivity contribution in [2.24, 2.45) is 7.05 Å². The number of ether oxygens (including phenoxy) is 1. The van der Waals surface area contributed by atoms with Crippen LogP contribution in [0.25, 0.3) is 11.3 Å². The number of hydrogen-bond donors (Lipinski definition) is 0. The van der Waals surface area contributed by atoms with Gasteiger partial charge in [0.05, 0.1) is 0 Å². The van der Waals surface area contributed by atoms with E-state index in [0.717, 1.165) is 4.68 Å². The van der Waals surface area contributed by atoms with Crippen LogP contribution in [0.4, 0.5) is 8.78 Å². The van der Waals surface area contributed by atoms with E-state index in [1.165, 1.54) is 7.05 Å². The molecule has 0 N–H and O–H groups in total. The minimum atomic E-state index is -2.98. The lowest BCUT2D eigenvalue weighted by molar-refractivity contribution is -0.0552. The lowest BCUT2D eigenvalue weighted by Gasteiger charge is -2.07. The molecule has 118 valence electrons. The number of thiocarbonyl (C=S) groups is 1. The first-order valence-corrected chi connectivity index (χ1v) is 7.52. The van der Waals surface area contributed by atoms with Crippen molar-refractivity contribution in [3.63, 3.8) is 0 Å². The van der Waals surface area contributed by atoms with Crippen LogP contribution in [0.1, 0.15) is 18.9 Å². The molecule has 0 atom stereocenters. The summed E-state index contributed by atoms with van der Waals surface area (Å²) in [6, 6.07) is 5.12. The highest BCUT2D eigenvalue weighted by atomic mass is 35.5. The molecular formula is C14H12Cl2F2N2OS. The van der Waals surface area contributed by atoms with Gasteiger partial charge < -0.3 is 4.74 Å². The van der Waals surface area contributed by atoms with Gasteiger partial charge in [0.2, 0.25) is 5.88 Å². The van der Waals surface area contributed by atoms with E-state index in [1.54, 1.807) is 18.2 Å². The van der Waals surface area contributed by atoms with Crippen molar-refractivity contribution in [1.82, 2.24) is 9.78 Å². The molecule has 0 aliphatic heterocycles. The maximum Gasteiger partial charge on any atom is 0.388 e. The Labute approximate surface area is 141 Å². The van der Waals surface area contributed by atoms with Crippen molar-refractivity contribution in [2.75, 3.05) is 0 Å². The highest BCUT2D eigenvalue weighted by Crippen LogP contribution is 2.36. The number of nitrogens with zero attached hydrogens (tertiary/aromatic N) is 2. The van der Waals surface area contributed by atoms with Gasteiger partial charge in [-0.3, -0.25) is 0 Å². The van der Waals surface area contributed by atoms with Crippen LogP contribution in [0.15, 0.2) is 18.2 Å². The van der Waals surface area contributed by atoms with Crippen molar-refractivity contribution in [2.45, 2.75) is 20.0 Å². The number of rotatable bonds is 5. The van der Waals surface area contributed by atoms with E-state index < -0.39 is 6.61 Å². The number of aromatic nitrogens is 2.